The van der Waals surface area contributed by atoms with Crippen LogP contribution in [0.5, 0.6) is 5.88 Å². The van der Waals surface area contributed by atoms with Gasteiger partial charge in [0.25, 0.3) is 11.8 Å². The standard InChI is InChI=1S/C19H16F3N3O4/c20-19(21,22)11-29-16-9-12(5-7-23-16)10-24-15(26)6-8-25-17(27)13-3-1-2-4-14(13)18(25)28/h1-5,7,9H,6,8,10-11H2,(H,24,26). The van der Waals surface area contributed by atoms with Crippen LogP contribution in [0.1, 0.15) is 32.7 Å². The van der Waals surface area contributed by atoms with E-state index >= 15 is 0 Å². The fourth-order valence-electron chi connectivity index (χ4n) is 2.74. The van der Waals surface area contributed by atoms with Crippen LogP contribution in [0.3, 0.4) is 0 Å². The maximum atomic E-state index is 12.2. The maximum Gasteiger partial charge on any atom is 0.422 e. The molecule has 0 aliphatic carbocycles. The van der Waals surface area contributed by atoms with Crippen LogP contribution >= 0.6 is 0 Å². The molecule has 1 N–H and O–H groups in total. The average Bonchev–Trinajstić information content (AvgIpc) is 2.93. The number of hydrogen-bond donors (Lipinski definition) is 1. The number of halogens is 3. The highest BCUT2D eigenvalue weighted by Crippen LogP contribution is 2.22. The van der Waals surface area contributed by atoms with Crippen molar-refractivity contribution in [3.05, 3.63) is 59.3 Å². The van der Waals surface area contributed by atoms with Crippen molar-refractivity contribution in [2.24, 2.45) is 0 Å². The molecule has 1 aliphatic rings. The summed E-state index contributed by atoms with van der Waals surface area (Å²) in [5.41, 5.74) is 1.11. The molecular formula is C19H16F3N3O4. The number of carbonyl (C=O) groups is 3. The number of benzene rings is 1. The van der Waals surface area contributed by atoms with Crippen LogP contribution in [0.15, 0.2) is 42.6 Å². The molecule has 0 unspecified atom stereocenters. The van der Waals surface area contributed by atoms with Crippen molar-refractivity contribution < 1.29 is 32.3 Å². The Balaban J connectivity index is 1.49. The Hall–Kier alpha value is -3.43. The van der Waals surface area contributed by atoms with Gasteiger partial charge in [0, 0.05) is 31.8 Å². The SMILES string of the molecule is O=C(CCN1C(=O)c2ccccc2C1=O)NCc1ccnc(OCC(F)(F)F)c1. The highest BCUT2D eigenvalue weighted by Gasteiger charge is 2.35. The Kier molecular flexibility index (Phi) is 5.81. The van der Waals surface area contributed by atoms with Crippen molar-refractivity contribution in [1.82, 2.24) is 15.2 Å². The van der Waals surface area contributed by atoms with Gasteiger partial charge >= 0.3 is 6.18 Å². The number of pyridine rings is 1. The third kappa shape index (κ3) is 5.09. The van der Waals surface area contributed by atoms with Gasteiger partial charge in [-0.3, -0.25) is 19.3 Å². The van der Waals surface area contributed by atoms with Crippen LogP contribution in [0, 0.1) is 0 Å². The number of nitrogens with one attached hydrogen (secondary N) is 1. The first-order chi connectivity index (χ1) is 13.7. The first-order valence-corrected chi connectivity index (χ1v) is 8.61. The second-order valence-corrected chi connectivity index (χ2v) is 6.24. The van der Waals surface area contributed by atoms with E-state index in [9.17, 15) is 27.6 Å². The summed E-state index contributed by atoms with van der Waals surface area (Å²) in [7, 11) is 0. The molecule has 0 radical (unpaired) electrons. The lowest BCUT2D eigenvalue weighted by Gasteiger charge is -2.13. The minimum atomic E-state index is -4.48. The molecule has 1 aromatic carbocycles. The summed E-state index contributed by atoms with van der Waals surface area (Å²) >= 11 is 0. The van der Waals surface area contributed by atoms with Crippen molar-refractivity contribution in [3.63, 3.8) is 0 Å². The molecular weight excluding hydrogens is 391 g/mol. The van der Waals surface area contributed by atoms with Gasteiger partial charge in [-0.25, -0.2) is 4.98 Å². The molecule has 152 valence electrons. The van der Waals surface area contributed by atoms with Crippen molar-refractivity contribution in [1.29, 1.82) is 0 Å². The normalized spacial score (nSPS) is 13.4. The molecule has 10 heteroatoms. The summed E-state index contributed by atoms with van der Waals surface area (Å²) in [6.07, 6.45) is -3.31. The van der Waals surface area contributed by atoms with Gasteiger partial charge < -0.3 is 10.1 Å². The van der Waals surface area contributed by atoms with Crippen molar-refractivity contribution in [2.45, 2.75) is 19.1 Å². The third-order valence-corrected chi connectivity index (χ3v) is 4.11. The van der Waals surface area contributed by atoms with E-state index in [2.05, 4.69) is 15.0 Å². The molecule has 1 aromatic heterocycles. The molecule has 29 heavy (non-hydrogen) atoms. The number of ether oxygens (including phenoxy) is 1. The molecule has 2 heterocycles. The Morgan fingerprint density at radius 2 is 1.76 bits per heavy atom. The van der Waals surface area contributed by atoms with Gasteiger partial charge in [0.2, 0.25) is 11.8 Å². The number of imide groups is 1. The molecule has 0 saturated heterocycles. The lowest BCUT2D eigenvalue weighted by molar-refractivity contribution is -0.154. The average molecular weight is 407 g/mol. The van der Waals surface area contributed by atoms with Crippen molar-refractivity contribution in [3.8, 4) is 5.88 Å². The molecule has 2 aromatic rings. The fraction of sp³-hybridized carbons (Fsp3) is 0.263. The Labute approximate surface area is 163 Å². The largest absolute Gasteiger partial charge is 0.468 e. The molecule has 3 rings (SSSR count). The van der Waals surface area contributed by atoms with Crippen LogP contribution in [0.4, 0.5) is 13.2 Å². The lowest BCUT2D eigenvalue weighted by atomic mass is 10.1. The first-order valence-electron chi connectivity index (χ1n) is 8.61. The van der Waals surface area contributed by atoms with E-state index in [0.29, 0.717) is 16.7 Å². The number of carbonyl (C=O) groups excluding carboxylic acids is 3. The van der Waals surface area contributed by atoms with Gasteiger partial charge in [0.15, 0.2) is 6.61 Å². The van der Waals surface area contributed by atoms with Crippen molar-refractivity contribution in [2.75, 3.05) is 13.2 Å². The molecule has 0 saturated carbocycles. The summed E-state index contributed by atoms with van der Waals surface area (Å²) < 4.78 is 41.1. The van der Waals surface area contributed by atoms with Gasteiger partial charge in [0.1, 0.15) is 0 Å². The quantitative estimate of drug-likeness (QED) is 0.712. The summed E-state index contributed by atoms with van der Waals surface area (Å²) in [5, 5.41) is 2.58. The number of aromatic nitrogens is 1. The van der Waals surface area contributed by atoms with Crippen LogP contribution in [-0.4, -0.2) is 46.9 Å². The second kappa shape index (κ2) is 8.29. The number of alkyl halides is 3. The highest BCUT2D eigenvalue weighted by atomic mass is 19.4. The number of rotatable bonds is 7. The Morgan fingerprint density at radius 1 is 1.10 bits per heavy atom. The van der Waals surface area contributed by atoms with E-state index in [1.54, 1.807) is 24.3 Å². The zero-order valence-electron chi connectivity index (χ0n) is 15.0. The van der Waals surface area contributed by atoms with E-state index in [-0.39, 0.29) is 25.4 Å². The molecule has 0 atom stereocenters. The van der Waals surface area contributed by atoms with Gasteiger partial charge in [-0.05, 0) is 23.8 Å². The second-order valence-electron chi connectivity index (χ2n) is 6.24. The van der Waals surface area contributed by atoms with E-state index in [1.165, 1.54) is 18.3 Å². The predicted molar refractivity (Wildman–Crippen MR) is 94.1 cm³/mol. The Morgan fingerprint density at radius 3 is 2.38 bits per heavy atom. The predicted octanol–water partition coefficient (Wildman–Crippen LogP) is 2.33. The Bertz CT molecular complexity index is 911. The van der Waals surface area contributed by atoms with Crippen LogP contribution < -0.4 is 10.1 Å². The minimum Gasteiger partial charge on any atom is -0.468 e. The lowest BCUT2D eigenvalue weighted by Crippen LogP contribution is -2.34. The number of nitrogens with zero attached hydrogens (tertiary/aromatic N) is 2. The first kappa shape index (κ1) is 20.3. The van der Waals surface area contributed by atoms with Gasteiger partial charge in [0.05, 0.1) is 11.1 Å². The zero-order chi connectivity index (χ0) is 21.0. The van der Waals surface area contributed by atoms with Crippen LogP contribution in [0.2, 0.25) is 0 Å². The van der Waals surface area contributed by atoms with E-state index in [1.807, 2.05) is 0 Å². The smallest absolute Gasteiger partial charge is 0.422 e. The third-order valence-electron chi connectivity index (χ3n) is 4.11. The van der Waals surface area contributed by atoms with Gasteiger partial charge in [-0.15, -0.1) is 0 Å². The highest BCUT2D eigenvalue weighted by molar-refractivity contribution is 6.21. The minimum absolute atomic E-state index is 0.0336. The summed E-state index contributed by atoms with van der Waals surface area (Å²) in [5.74, 6) is -1.52. The molecule has 0 bridgehead atoms. The van der Waals surface area contributed by atoms with Crippen LogP contribution in [0.25, 0.3) is 0 Å². The van der Waals surface area contributed by atoms with E-state index in [4.69, 9.17) is 0 Å². The topological polar surface area (TPSA) is 88.6 Å². The summed E-state index contributed by atoms with van der Waals surface area (Å²) in [4.78, 5) is 41.2. The van der Waals surface area contributed by atoms with Gasteiger partial charge in [-0.2, -0.15) is 13.2 Å². The fourth-order valence-corrected chi connectivity index (χ4v) is 2.74. The van der Waals surface area contributed by atoms with E-state index in [0.717, 1.165) is 4.90 Å². The number of hydrogen-bond acceptors (Lipinski definition) is 5. The molecule has 7 nitrogen and oxygen atoms in total. The molecule has 1 aliphatic heterocycles. The zero-order valence-corrected chi connectivity index (χ0v) is 15.0. The van der Waals surface area contributed by atoms with E-state index < -0.39 is 30.5 Å². The van der Waals surface area contributed by atoms with Crippen LogP contribution in [-0.2, 0) is 11.3 Å². The maximum absolute atomic E-state index is 12.2. The monoisotopic (exact) mass is 407 g/mol. The number of fused-ring (bicyclic) bond motifs is 1. The molecule has 0 spiro atoms. The summed E-state index contributed by atoms with van der Waals surface area (Å²) in [6.45, 7) is -1.50. The molecule has 3 amide bonds. The van der Waals surface area contributed by atoms with Crippen molar-refractivity contribution >= 4 is 17.7 Å². The van der Waals surface area contributed by atoms with Gasteiger partial charge in [-0.1, -0.05) is 12.1 Å². The number of amides is 3. The molecule has 0 fully saturated rings. The summed E-state index contributed by atoms with van der Waals surface area (Å²) in [6, 6.07) is 9.22.